The van der Waals surface area contributed by atoms with E-state index in [9.17, 15) is 19.5 Å². The molecule has 0 atom stereocenters. The Hall–Kier alpha value is -3.41. The molecule has 0 heterocycles. The van der Waals surface area contributed by atoms with Gasteiger partial charge in [0.25, 0.3) is 5.91 Å². The maximum Gasteiger partial charge on any atom is 0.352 e. The van der Waals surface area contributed by atoms with Gasteiger partial charge in [0.2, 0.25) is 0 Å². The van der Waals surface area contributed by atoms with Gasteiger partial charge in [-0.25, -0.2) is 4.79 Å². The standard InChI is InChI=1S/C18H15NO5/c1-12(20)24-15-9-5-6-13(10-15)11-16(18(22)23)19-17(21)14-7-3-2-4-8-14/h2-11H,1H3,(H,19,21)(H,22,23). The number of carboxylic acid groups (broad SMARTS) is 1. The van der Waals surface area contributed by atoms with E-state index < -0.39 is 17.8 Å². The van der Waals surface area contributed by atoms with Crippen molar-refractivity contribution in [3.63, 3.8) is 0 Å². The van der Waals surface area contributed by atoms with Crippen LogP contribution in [-0.4, -0.2) is 23.0 Å². The fourth-order valence-corrected chi connectivity index (χ4v) is 1.94. The molecule has 6 nitrogen and oxygen atoms in total. The fraction of sp³-hybridized carbons (Fsp3) is 0.0556. The van der Waals surface area contributed by atoms with Gasteiger partial charge in [0.05, 0.1) is 0 Å². The number of carbonyl (C=O) groups excluding carboxylic acids is 2. The molecule has 122 valence electrons. The molecule has 0 aliphatic heterocycles. The Morgan fingerprint density at radius 2 is 1.75 bits per heavy atom. The second-order valence-electron chi connectivity index (χ2n) is 4.85. The van der Waals surface area contributed by atoms with Gasteiger partial charge >= 0.3 is 11.9 Å². The van der Waals surface area contributed by atoms with E-state index in [1.807, 2.05) is 0 Å². The molecule has 0 aliphatic carbocycles. The first-order valence-corrected chi connectivity index (χ1v) is 7.05. The molecule has 0 radical (unpaired) electrons. The normalized spacial score (nSPS) is 10.8. The summed E-state index contributed by atoms with van der Waals surface area (Å²) in [4.78, 5) is 34.4. The van der Waals surface area contributed by atoms with Crippen LogP contribution in [-0.2, 0) is 9.59 Å². The third-order valence-corrected chi connectivity index (χ3v) is 2.95. The Balaban J connectivity index is 2.24. The number of hydrogen-bond donors (Lipinski definition) is 2. The molecule has 0 saturated carbocycles. The second-order valence-corrected chi connectivity index (χ2v) is 4.85. The predicted octanol–water partition coefficient (Wildman–Crippen LogP) is 2.47. The molecular weight excluding hydrogens is 310 g/mol. The molecule has 0 bridgehead atoms. The van der Waals surface area contributed by atoms with Gasteiger partial charge in [-0.15, -0.1) is 0 Å². The minimum Gasteiger partial charge on any atom is -0.477 e. The van der Waals surface area contributed by atoms with Crippen LogP contribution in [0.4, 0.5) is 0 Å². The van der Waals surface area contributed by atoms with Crippen molar-refractivity contribution < 1.29 is 24.2 Å². The SMILES string of the molecule is CC(=O)Oc1cccc(C=C(NC(=O)c2ccccc2)C(=O)O)c1. The third-order valence-electron chi connectivity index (χ3n) is 2.95. The van der Waals surface area contributed by atoms with E-state index in [1.54, 1.807) is 48.5 Å². The zero-order valence-electron chi connectivity index (χ0n) is 12.9. The number of esters is 1. The first-order chi connectivity index (χ1) is 11.5. The smallest absolute Gasteiger partial charge is 0.352 e. The van der Waals surface area contributed by atoms with Crippen LogP contribution in [0.3, 0.4) is 0 Å². The molecular formula is C18H15NO5. The Morgan fingerprint density at radius 3 is 2.38 bits per heavy atom. The summed E-state index contributed by atoms with van der Waals surface area (Å²) in [5.74, 6) is -2.00. The molecule has 0 unspecified atom stereocenters. The number of benzene rings is 2. The molecule has 2 aromatic rings. The molecule has 0 aromatic heterocycles. The van der Waals surface area contributed by atoms with Gasteiger partial charge in [0.15, 0.2) is 0 Å². The largest absolute Gasteiger partial charge is 0.477 e. The van der Waals surface area contributed by atoms with Crippen molar-refractivity contribution in [3.8, 4) is 5.75 Å². The average Bonchev–Trinajstić information content (AvgIpc) is 2.54. The third kappa shape index (κ3) is 4.81. The van der Waals surface area contributed by atoms with Crippen molar-refractivity contribution in [2.75, 3.05) is 0 Å². The number of ether oxygens (including phenoxy) is 1. The van der Waals surface area contributed by atoms with Crippen molar-refractivity contribution in [1.82, 2.24) is 5.32 Å². The summed E-state index contributed by atoms with van der Waals surface area (Å²) in [7, 11) is 0. The lowest BCUT2D eigenvalue weighted by Gasteiger charge is -2.07. The Kier molecular flexibility index (Phi) is 5.46. The number of amides is 1. The highest BCUT2D eigenvalue weighted by Crippen LogP contribution is 2.16. The summed E-state index contributed by atoms with van der Waals surface area (Å²) in [6.07, 6.45) is 1.29. The zero-order valence-corrected chi connectivity index (χ0v) is 12.9. The average molecular weight is 325 g/mol. The van der Waals surface area contributed by atoms with E-state index in [0.717, 1.165) is 0 Å². The summed E-state index contributed by atoms with van der Waals surface area (Å²) in [6.45, 7) is 1.27. The minimum absolute atomic E-state index is 0.287. The second kappa shape index (κ2) is 7.73. The molecule has 1 amide bonds. The van der Waals surface area contributed by atoms with Crippen molar-refractivity contribution in [2.45, 2.75) is 6.92 Å². The Bertz CT molecular complexity index is 796. The molecule has 0 fully saturated rings. The van der Waals surface area contributed by atoms with Gasteiger partial charge < -0.3 is 15.2 Å². The molecule has 2 rings (SSSR count). The van der Waals surface area contributed by atoms with Crippen LogP contribution in [0.15, 0.2) is 60.3 Å². The number of rotatable bonds is 5. The first kappa shape index (κ1) is 17.0. The van der Waals surface area contributed by atoms with Crippen molar-refractivity contribution >= 4 is 23.9 Å². The van der Waals surface area contributed by atoms with Crippen molar-refractivity contribution in [3.05, 3.63) is 71.4 Å². The van der Waals surface area contributed by atoms with E-state index in [1.165, 1.54) is 19.1 Å². The van der Waals surface area contributed by atoms with Crippen LogP contribution < -0.4 is 10.1 Å². The highest BCUT2D eigenvalue weighted by Gasteiger charge is 2.13. The predicted molar refractivity (Wildman–Crippen MR) is 87.3 cm³/mol. The molecule has 0 spiro atoms. The number of nitrogens with one attached hydrogen (secondary N) is 1. The topological polar surface area (TPSA) is 92.7 Å². The highest BCUT2D eigenvalue weighted by molar-refractivity contribution is 6.02. The molecule has 0 saturated heterocycles. The number of aliphatic carboxylic acids is 1. The maximum absolute atomic E-state index is 12.1. The summed E-state index contributed by atoms with van der Waals surface area (Å²) in [5.41, 5.74) is 0.529. The van der Waals surface area contributed by atoms with Crippen molar-refractivity contribution in [2.24, 2.45) is 0 Å². The molecule has 6 heteroatoms. The van der Waals surface area contributed by atoms with E-state index >= 15 is 0 Å². The van der Waals surface area contributed by atoms with Crippen LogP contribution in [0, 0.1) is 0 Å². The molecule has 2 N–H and O–H groups in total. The number of carbonyl (C=O) groups is 3. The van der Waals surface area contributed by atoms with E-state index in [2.05, 4.69) is 5.32 Å². The fourth-order valence-electron chi connectivity index (χ4n) is 1.94. The first-order valence-electron chi connectivity index (χ1n) is 7.05. The van der Waals surface area contributed by atoms with Crippen LogP contribution in [0.2, 0.25) is 0 Å². The van der Waals surface area contributed by atoms with Gasteiger partial charge in [-0.05, 0) is 35.9 Å². The Morgan fingerprint density at radius 1 is 1.04 bits per heavy atom. The summed E-state index contributed by atoms with van der Waals surface area (Å²) < 4.78 is 4.94. The van der Waals surface area contributed by atoms with Crippen molar-refractivity contribution in [1.29, 1.82) is 0 Å². The van der Waals surface area contributed by atoms with Crippen LogP contribution in [0.5, 0.6) is 5.75 Å². The number of hydrogen-bond acceptors (Lipinski definition) is 4. The summed E-state index contributed by atoms with van der Waals surface area (Å²) >= 11 is 0. The van der Waals surface area contributed by atoms with Gasteiger partial charge in [0.1, 0.15) is 11.4 Å². The van der Waals surface area contributed by atoms with Gasteiger partial charge in [-0.3, -0.25) is 9.59 Å². The Labute approximate surface area is 138 Å². The monoisotopic (exact) mass is 325 g/mol. The quantitative estimate of drug-likeness (QED) is 0.500. The molecule has 2 aromatic carbocycles. The van der Waals surface area contributed by atoms with E-state index in [0.29, 0.717) is 11.1 Å². The lowest BCUT2D eigenvalue weighted by atomic mass is 10.1. The highest BCUT2D eigenvalue weighted by atomic mass is 16.5. The van der Waals surface area contributed by atoms with Crippen LogP contribution >= 0.6 is 0 Å². The maximum atomic E-state index is 12.1. The van der Waals surface area contributed by atoms with E-state index in [4.69, 9.17) is 4.74 Å². The van der Waals surface area contributed by atoms with Crippen LogP contribution in [0.25, 0.3) is 6.08 Å². The molecule has 24 heavy (non-hydrogen) atoms. The summed E-state index contributed by atoms with van der Waals surface area (Å²) in [5, 5.41) is 11.6. The number of carboxylic acids is 1. The molecule has 0 aliphatic rings. The van der Waals surface area contributed by atoms with E-state index in [-0.39, 0.29) is 11.4 Å². The van der Waals surface area contributed by atoms with Gasteiger partial charge in [0, 0.05) is 12.5 Å². The zero-order chi connectivity index (χ0) is 17.5. The van der Waals surface area contributed by atoms with Crippen LogP contribution in [0.1, 0.15) is 22.8 Å². The minimum atomic E-state index is -1.28. The van der Waals surface area contributed by atoms with Gasteiger partial charge in [-0.2, -0.15) is 0 Å². The summed E-state index contributed by atoms with van der Waals surface area (Å²) in [6, 6.07) is 14.6. The van der Waals surface area contributed by atoms with Gasteiger partial charge in [-0.1, -0.05) is 30.3 Å². The lowest BCUT2D eigenvalue weighted by Crippen LogP contribution is -2.27. The lowest BCUT2D eigenvalue weighted by molar-refractivity contribution is -0.133.